The highest BCUT2D eigenvalue weighted by atomic mass is 32.1. The van der Waals surface area contributed by atoms with Gasteiger partial charge in [0.25, 0.3) is 5.91 Å². The van der Waals surface area contributed by atoms with Crippen molar-refractivity contribution in [3.05, 3.63) is 82.1 Å². The largest absolute Gasteiger partial charge is 0.326 e. The van der Waals surface area contributed by atoms with Gasteiger partial charge in [0.2, 0.25) is 0 Å². The Hall–Kier alpha value is -2.53. The SMILES string of the molecule is O=C(c1cnccn1)N1CCc2sccc2[C@@H]1c1ccccc1. The monoisotopic (exact) mass is 321 g/mol. The first-order valence-corrected chi connectivity index (χ1v) is 8.41. The first kappa shape index (κ1) is 14.1. The predicted molar refractivity (Wildman–Crippen MR) is 89.4 cm³/mol. The highest BCUT2D eigenvalue weighted by molar-refractivity contribution is 7.10. The van der Waals surface area contributed by atoms with E-state index in [2.05, 4.69) is 33.5 Å². The van der Waals surface area contributed by atoms with Crippen LogP contribution in [0.1, 0.15) is 32.5 Å². The maximum absolute atomic E-state index is 12.9. The molecule has 3 heterocycles. The van der Waals surface area contributed by atoms with Crippen LogP contribution in [-0.4, -0.2) is 27.3 Å². The average molecular weight is 321 g/mol. The summed E-state index contributed by atoms with van der Waals surface area (Å²) in [5, 5.41) is 2.11. The molecule has 3 aromatic rings. The summed E-state index contributed by atoms with van der Waals surface area (Å²) in [6.45, 7) is 0.697. The van der Waals surface area contributed by atoms with Gasteiger partial charge in [0.1, 0.15) is 5.69 Å². The molecule has 0 saturated carbocycles. The molecule has 0 spiro atoms. The summed E-state index contributed by atoms with van der Waals surface area (Å²) in [6, 6.07) is 12.3. The van der Waals surface area contributed by atoms with Crippen LogP contribution in [0.3, 0.4) is 0 Å². The van der Waals surface area contributed by atoms with Crippen molar-refractivity contribution in [2.75, 3.05) is 6.54 Å². The van der Waals surface area contributed by atoms with Crippen LogP contribution in [0, 0.1) is 0 Å². The molecule has 0 bridgehead atoms. The lowest BCUT2D eigenvalue weighted by molar-refractivity contribution is 0.0689. The molecular formula is C18H15N3OS. The molecule has 0 radical (unpaired) electrons. The number of amides is 1. The number of aromatic nitrogens is 2. The Bertz CT molecular complexity index is 817. The molecule has 1 aliphatic rings. The highest BCUT2D eigenvalue weighted by Gasteiger charge is 2.33. The van der Waals surface area contributed by atoms with Gasteiger partial charge < -0.3 is 4.90 Å². The second-order valence-corrected chi connectivity index (χ2v) is 6.45. The summed E-state index contributed by atoms with van der Waals surface area (Å²) < 4.78 is 0. The van der Waals surface area contributed by atoms with Gasteiger partial charge in [-0.05, 0) is 29.0 Å². The third kappa shape index (κ3) is 2.53. The number of benzene rings is 1. The fourth-order valence-corrected chi connectivity index (χ4v) is 3.99. The summed E-state index contributed by atoms with van der Waals surface area (Å²) in [7, 11) is 0. The Morgan fingerprint density at radius 1 is 1.17 bits per heavy atom. The first-order chi connectivity index (χ1) is 11.3. The Morgan fingerprint density at radius 2 is 2.04 bits per heavy atom. The zero-order chi connectivity index (χ0) is 15.6. The van der Waals surface area contributed by atoms with E-state index in [1.807, 2.05) is 23.1 Å². The Kier molecular flexibility index (Phi) is 3.63. The molecule has 4 nitrogen and oxygen atoms in total. The lowest BCUT2D eigenvalue weighted by Crippen LogP contribution is -2.40. The zero-order valence-corrected chi connectivity index (χ0v) is 13.2. The number of nitrogens with zero attached hydrogens (tertiary/aromatic N) is 3. The zero-order valence-electron chi connectivity index (χ0n) is 12.4. The molecule has 1 aromatic carbocycles. The second-order valence-electron chi connectivity index (χ2n) is 5.45. The number of rotatable bonds is 2. The van der Waals surface area contributed by atoms with Gasteiger partial charge >= 0.3 is 0 Å². The van der Waals surface area contributed by atoms with E-state index in [9.17, 15) is 4.79 Å². The summed E-state index contributed by atoms with van der Waals surface area (Å²) in [4.78, 5) is 24.4. The van der Waals surface area contributed by atoms with Crippen molar-refractivity contribution in [3.63, 3.8) is 0 Å². The molecule has 1 amide bonds. The number of hydrogen-bond acceptors (Lipinski definition) is 4. The maximum Gasteiger partial charge on any atom is 0.274 e. The van der Waals surface area contributed by atoms with Crippen molar-refractivity contribution in [2.45, 2.75) is 12.5 Å². The van der Waals surface area contributed by atoms with Gasteiger partial charge in [0, 0.05) is 23.8 Å². The standard InChI is InChI=1S/C18H15N3OS/c22-18(15-12-19-8-9-20-15)21-10-6-16-14(7-11-23-16)17(21)13-4-2-1-3-5-13/h1-5,7-9,11-12,17H,6,10H2/t17-/m0/s1. The number of carbonyl (C=O) groups excluding carboxylic acids is 1. The van der Waals surface area contributed by atoms with Gasteiger partial charge in [-0.1, -0.05) is 30.3 Å². The number of carbonyl (C=O) groups is 1. The molecular weight excluding hydrogens is 306 g/mol. The quantitative estimate of drug-likeness (QED) is 0.727. The van der Waals surface area contributed by atoms with Crippen LogP contribution in [0.25, 0.3) is 0 Å². The smallest absolute Gasteiger partial charge is 0.274 e. The number of hydrogen-bond donors (Lipinski definition) is 0. The minimum Gasteiger partial charge on any atom is -0.326 e. The molecule has 5 heteroatoms. The molecule has 0 N–H and O–H groups in total. The van der Waals surface area contributed by atoms with E-state index in [1.54, 1.807) is 23.7 Å². The highest BCUT2D eigenvalue weighted by Crippen LogP contribution is 2.38. The Balaban J connectivity index is 1.78. The predicted octanol–water partition coefficient (Wildman–Crippen LogP) is 3.33. The van der Waals surface area contributed by atoms with Gasteiger partial charge in [0.15, 0.2) is 0 Å². The molecule has 23 heavy (non-hydrogen) atoms. The topological polar surface area (TPSA) is 46.1 Å². The summed E-state index contributed by atoms with van der Waals surface area (Å²) in [6.07, 6.45) is 5.57. The van der Waals surface area contributed by atoms with E-state index < -0.39 is 0 Å². The number of thiophene rings is 1. The van der Waals surface area contributed by atoms with Crippen LogP contribution in [-0.2, 0) is 6.42 Å². The van der Waals surface area contributed by atoms with Crippen LogP contribution in [0.5, 0.6) is 0 Å². The van der Waals surface area contributed by atoms with Gasteiger partial charge in [-0.2, -0.15) is 0 Å². The number of fused-ring (bicyclic) bond motifs is 1. The fraction of sp³-hybridized carbons (Fsp3) is 0.167. The molecule has 2 aromatic heterocycles. The normalized spacial score (nSPS) is 16.9. The first-order valence-electron chi connectivity index (χ1n) is 7.53. The molecule has 1 atom stereocenters. The molecule has 1 aliphatic heterocycles. The van der Waals surface area contributed by atoms with Crippen LogP contribution in [0.2, 0.25) is 0 Å². The minimum absolute atomic E-state index is 0.0549. The van der Waals surface area contributed by atoms with Crippen molar-refractivity contribution in [1.29, 1.82) is 0 Å². The van der Waals surface area contributed by atoms with E-state index in [4.69, 9.17) is 0 Å². The van der Waals surface area contributed by atoms with Crippen molar-refractivity contribution in [3.8, 4) is 0 Å². The van der Waals surface area contributed by atoms with E-state index in [-0.39, 0.29) is 11.9 Å². The summed E-state index contributed by atoms with van der Waals surface area (Å²) in [5.74, 6) is -0.0659. The fourth-order valence-electron chi connectivity index (χ4n) is 3.09. The van der Waals surface area contributed by atoms with Crippen molar-refractivity contribution in [2.24, 2.45) is 0 Å². The minimum atomic E-state index is -0.0659. The maximum atomic E-state index is 12.9. The lowest BCUT2D eigenvalue weighted by atomic mass is 9.93. The van der Waals surface area contributed by atoms with E-state index in [1.165, 1.54) is 16.6 Å². The van der Waals surface area contributed by atoms with Crippen LogP contribution < -0.4 is 0 Å². The van der Waals surface area contributed by atoms with Gasteiger partial charge in [-0.25, -0.2) is 4.98 Å². The van der Waals surface area contributed by atoms with E-state index in [0.717, 1.165) is 12.0 Å². The molecule has 0 saturated heterocycles. The lowest BCUT2D eigenvalue weighted by Gasteiger charge is -2.36. The van der Waals surface area contributed by atoms with E-state index >= 15 is 0 Å². The van der Waals surface area contributed by atoms with Crippen LogP contribution in [0.15, 0.2) is 60.4 Å². The molecule has 4 rings (SSSR count). The second kappa shape index (κ2) is 5.93. The van der Waals surface area contributed by atoms with E-state index in [0.29, 0.717) is 12.2 Å². The molecule has 0 unspecified atom stereocenters. The Labute approximate surface area is 138 Å². The summed E-state index contributed by atoms with van der Waals surface area (Å²) in [5.41, 5.74) is 2.75. The van der Waals surface area contributed by atoms with Gasteiger partial charge in [-0.3, -0.25) is 9.78 Å². The van der Waals surface area contributed by atoms with Crippen LogP contribution >= 0.6 is 11.3 Å². The third-order valence-corrected chi connectivity index (χ3v) is 5.12. The van der Waals surface area contributed by atoms with Crippen LogP contribution in [0.4, 0.5) is 0 Å². The van der Waals surface area contributed by atoms with Gasteiger partial charge in [-0.15, -0.1) is 11.3 Å². The molecule has 0 fully saturated rings. The summed E-state index contributed by atoms with van der Waals surface area (Å²) >= 11 is 1.77. The molecule has 0 aliphatic carbocycles. The third-order valence-electron chi connectivity index (χ3n) is 4.12. The van der Waals surface area contributed by atoms with Crippen molar-refractivity contribution in [1.82, 2.24) is 14.9 Å². The average Bonchev–Trinajstić information content (AvgIpc) is 3.10. The van der Waals surface area contributed by atoms with Crippen molar-refractivity contribution < 1.29 is 4.79 Å². The van der Waals surface area contributed by atoms with Gasteiger partial charge in [0.05, 0.1) is 12.2 Å². The molecule has 114 valence electrons. The Morgan fingerprint density at radius 3 is 2.83 bits per heavy atom. The van der Waals surface area contributed by atoms with Crippen molar-refractivity contribution >= 4 is 17.2 Å².